The molecule has 0 bridgehead atoms. The second-order valence-electron chi connectivity index (χ2n) is 7.16. The predicted molar refractivity (Wildman–Crippen MR) is 101 cm³/mol. The summed E-state index contributed by atoms with van der Waals surface area (Å²) in [5.41, 5.74) is 1.01. The van der Waals surface area contributed by atoms with Crippen molar-refractivity contribution in [3.05, 3.63) is 34.9 Å². The van der Waals surface area contributed by atoms with E-state index < -0.39 is 45.9 Å². The standard InChI is InChI=1S/C19H22N2O7S/c1-3-12(28-29(2,26)27)8-7-11-5-4-6-13-16(11)19(25)21(18(13)24)14-9-10-15(22)20-17(14)23/h4-6,12,14H,3,7-10H2,1-2H3,(H,20,22,23). The first-order valence-electron chi connectivity index (χ1n) is 9.34. The normalized spacial score (nSPS) is 20.6. The van der Waals surface area contributed by atoms with Gasteiger partial charge in [-0.1, -0.05) is 19.1 Å². The van der Waals surface area contributed by atoms with Gasteiger partial charge in [-0.25, -0.2) is 0 Å². The Bertz CT molecular complexity index is 986. The lowest BCUT2D eigenvalue weighted by Crippen LogP contribution is -2.54. The third-order valence-electron chi connectivity index (χ3n) is 5.06. The Morgan fingerprint density at radius 2 is 1.93 bits per heavy atom. The van der Waals surface area contributed by atoms with Gasteiger partial charge in [0.15, 0.2) is 0 Å². The van der Waals surface area contributed by atoms with E-state index in [0.29, 0.717) is 24.8 Å². The van der Waals surface area contributed by atoms with Gasteiger partial charge in [-0.15, -0.1) is 0 Å². The number of carbonyl (C=O) groups is 4. The zero-order chi connectivity index (χ0) is 21.3. The van der Waals surface area contributed by atoms with Gasteiger partial charge in [-0.2, -0.15) is 8.42 Å². The number of nitrogens with zero attached hydrogens (tertiary/aromatic N) is 1. The molecule has 2 heterocycles. The van der Waals surface area contributed by atoms with Crippen LogP contribution in [0.2, 0.25) is 0 Å². The maximum Gasteiger partial charge on any atom is 0.264 e. The Morgan fingerprint density at radius 3 is 2.55 bits per heavy atom. The van der Waals surface area contributed by atoms with Crippen molar-refractivity contribution in [1.29, 1.82) is 0 Å². The van der Waals surface area contributed by atoms with Crippen LogP contribution in [0.4, 0.5) is 0 Å². The van der Waals surface area contributed by atoms with Crippen molar-refractivity contribution >= 4 is 33.7 Å². The summed E-state index contributed by atoms with van der Waals surface area (Å²) in [5.74, 6) is -2.24. The summed E-state index contributed by atoms with van der Waals surface area (Å²) in [7, 11) is -3.61. The molecule has 0 radical (unpaired) electrons. The highest BCUT2D eigenvalue weighted by atomic mass is 32.2. The highest BCUT2D eigenvalue weighted by Crippen LogP contribution is 2.30. The molecule has 0 saturated carbocycles. The van der Waals surface area contributed by atoms with Crippen molar-refractivity contribution < 1.29 is 31.8 Å². The number of carbonyl (C=O) groups excluding carboxylic acids is 4. The van der Waals surface area contributed by atoms with Gasteiger partial charge < -0.3 is 0 Å². The van der Waals surface area contributed by atoms with E-state index in [0.717, 1.165) is 11.2 Å². The van der Waals surface area contributed by atoms with Crippen LogP contribution in [0.3, 0.4) is 0 Å². The van der Waals surface area contributed by atoms with Crippen LogP contribution in [-0.2, 0) is 30.3 Å². The lowest BCUT2D eigenvalue weighted by atomic mass is 9.97. The van der Waals surface area contributed by atoms with Crippen molar-refractivity contribution in [2.24, 2.45) is 0 Å². The molecule has 0 aliphatic carbocycles. The molecular weight excluding hydrogens is 400 g/mol. The highest BCUT2D eigenvalue weighted by molar-refractivity contribution is 7.86. The van der Waals surface area contributed by atoms with Crippen molar-refractivity contribution in [3.63, 3.8) is 0 Å². The van der Waals surface area contributed by atoms with E-state index in [1.165, 1.54) is 6.07 Å². The molecule has 2 unspecified atom stereocenters. The van der Waals surface area contributed by atoms with E-state index in [-0.39, 0.29) is 24.0 Å². The summed E-state index contributed by atoms with van der Waals surface area (Å²) in [6.45, 7) is 1.80. The molecule has 1 saturated heterocycles. The molecule has 10 heteroatoms. The summed E-state index contributed by atoms with van der Waals surface area (Å²) in [5, 5.41) is 2.16. The molecule has 0 aromatic heterocycles. The van der Waals surface area contributed by atoms with Crippen LogP contribution < -0.4 is 5.32 Å². The van der Waals surface area contributed by atoms with E-state index >= 15 is 0 Å². The van der Waals surface area contributed by atoms with E-state index in [9.17, 15) is 27.6 Å². The van der Waals surface area contributed by atoms with Crippen LogP contribution >= 0.6 is 0 Å². The van der Waals surface area contributed by atoms with Gasteiger partial charge >= 0.3 is 0 Å². The van der Waals surface area contributed by atoms with Crippen LogP contribution in [0.25, 0.3) is 0 Å². The summed E-state index contributed by atoms with van der Waals surface area (Å²) in [6.07, 6.45) is 1.73. The number of fused-ring (bicyclic) bond motifs is 1. The summed E-state index contributed by atoms with van der Waals surface area (Å²) in [6, 6.07) is 3.84. The molecule has 2 atom stereocenters. The molecule has 1 fully saturated rings. The zero-order valence-corrected chi connectivity index (χ0v) is 17.0. The van der Waals surface area contributed by atoms with E-state index in [1.54, 1.807) is 19.1 Å². The number of amides is 4. The third kappa shape index (κ3) is 4.38. The second kappa shape index (κ2) is 8.03. The number of hydrogen-bond donors (Lipinski definition) is 1. The SMILES string of the molecule is CCC(CCc1cccc2c1C(=O)N(C1CCC(=O)NC1=O)C2=O)OS(C)(=O)=O. The molecule has 2 aliphatic heterocycles. The monoisotopic (exact) mass is 422 g/mol. The summed E-state index contributed by atoms with van der Waals surface area (Å²) >= 11 is 0. The fourth-order valence-electron chi connectivity index (χ4n) is 3.68. The van der Waals surface area contributed by atoms with Crippen LogP contribution in [-0.4, -0.2) is 55.3 Å². The molecule has 3 rings (SSSR count). The van der Waals surface area contributed by atoms with Crippen molar-refractivity contribution in [2.75, 3.05) is 6.26 Å². The maximum atomic E-state index is 13.0. The molecule has 1 aromatic rings. The third-order valence-corrected chi connectivity index (χ3v) is 5.68. The Morgan fingerprint density at radius 1 is 1.21 bits per heavy atom. The number of imide groups is 2. The highest BCUT2D eigenvalue weighted by Gasteiger charge is 2.45. The maximum absolute atomic E-state index is 13.0. The first-order valence-corrected chi connectivity index (χ1v) is 11.2. The predicted octanol–water partition coefficient (Wildman–Crippen LogP) is 0.775. The lowest BCUT2D eigenvalue weighted by molar-refractivity contribution is -0.136. The van der Waals surface area contributed by atoms with Gasteiger partial charge in [0, 0.05) is 6.42 Å². The lowest BCUT2D eigenvalue weighted by Gasteiger charge is -2.27. The second-order valence-corrected chi connectivity index (χ2v) is 8.76. The quantitative estimate of drug-likeness (QED) is 0.508. The summed E-state index contributed by atoms with van der Waals surface area (Å²) in [4.78, 5) is 50.3. The Hall–Kier alpha value is -2.59. The minimum absolute atomic E-state index is 0.0533. The van der Waals surface area contributed by atoms with Crippen molar-refractivity contribution in [2.45, 2.75) is 51.2 Å². The van der Waals surface area contributed by atoms with Crippen LogP contribution in [0, 0.1) is 0 Å². The van der Waals surface area contributed by atoms with E-state index in [4.69, 9.17) is 4.18 Å². The Labute approximate surface area is 168 Å². The molecule has 156 valence electrons. The van der Waals surface area contributed by atoms with Crippen LogP contribution in [0.5, 0.6) is 0 Å². The first kappa shape index (κ1) is 21.1. The first-order chi connectivity index (χ1) is 13.6. The van der Waals surface area contributed by atoms with E-state index in [2.05, 4.69) is 5.32 Å². The molecule has 29 heavy (non-hydrogen) atoms. The zero-order valence-electron chi connectivity index (χ0n) is 16.1. The average molecular weight is 422 g/mol. The molecule has 0 spiro atoms. The van der Waals surface area contributed by atoms with Gasteiger partial charge in [0.2, 0.25) is 11.8 Å². The number of rotatable bonds is 7. The largest absolute Gasteiger partial charge is 0.295 e. The van der Waals surface area contributed by atoms with Crippen LogP contribution in [0.1, 0.15) is 58.9 Å². The van der Waals surface area contributed by atoms with Gasteiger partial charge in [0.25, 0.3) is 21.9 Å². The van der Waals surface area contributed by atoms with Crippen LogP contribution in [0.15, 0.2) is 18.2 Å². The number of benzene rings is 1. The molecule has 9 nitrogen and oxygen atoms in total. The number of nitrogens with one attached hydrogen (secondary N) is 1. The van der Waals surface area contributed by atoms with E-state index in [1.807, 2.05) is 0 Å². The number of piperidine rings is 1. The molecule has 4 amide bonds. The molecule has 1 aromatic carbocycles. The Kier molecular flexibility index (Phi) is 5.85. The molecule has 1 N–H and O–H groups in total. The fraction of sp³-hybridized carbons (Fsp3) is 0.474. The minimum atomic E-state index is -3.61. The van der Waals surface area contributed by atoms with Gasteiger partial charge in [-0.3, -0.25) is 33.6 Å². The smallest absolute Gasteiger partial charge is 0.264 e. The van der Waals surface area contributed by atoms with Crippen molar-refractivity contribution in [1.82, 2.24) is 10.2 Å². The number of aryl methyl sites for hydroxylation is 1. The topological polar surface area (TPSA) is 127 Å². The minimum Gasteiger partial charge on any atom is -0.295 e. The Balaban J connectivity index is 1.83. The number of hydrogen-bond acceptors (Lipinski definition) is 7. The van der Waals surface area contributed by atoms with Gasteiger partial charge in [0.1, 0.15) is 6.04 Å². The van der Waals surface area contributed by atoms with Gasteiger partial charge in [0.05, 0.1) is 23.5 Å². The van der Waals surface area contributed by atoms with Gasteiger partial charge in [-0.05, 0) is 37.3 Å². The molecular formula is C19H22N2O7S. The molecule has 2 aliphatic rings. The average Bonchev–Trinajstić information content (AvgIpc) is 2.89. The van der Waals surface area contributed by atoms with Crippen molar-refractivity contribution in [3.8, 4) is 0 Å². The fourth-order valence-corrected chi connectivity index (χ4v) is 4.40. The summed E-state index contributed by atoms with van der Waals surface area (Å²) < 4.78 is 27.8.